The Balaban J connectivity index is 2.37. The topological polar surface area (TPSA) is 57.2 Å². The van der Waals surface area contributed by atoms with Crippen molar-refractivity contribution in [2.45, 2.75) is 13.5 Å². The fraction of sp³-hybridized carbons (Fsp3) is 0.143. The van der Waals surface area contributed by atoms with Crippen LogP contribution in [0.1, 0.15) is 6.92 Å². The van der Waals surface area contributed by atoms with Gasteiger partial charge in [0.1, 0.15) is 5.52 Å². The van der Waals surface area contributed by atoms with E-state index in [-0.39, 0.29) is 0 Å². The van der Waals surface area contributed by atoms with Crippen molar-refractivity contribution in [3.8, 4) is 0 Å². The molecule has 4 nitrogen and oxygen atoms in total. The van der Waals surface area contributed by atoms with Gasteiger partial charge in [0.05, 0.1) is 5.69 Å². The maximum Gasteiger partial charge on any atom is 0.252 e. The van der Waals surface area contributed by atoms with Crippen LogP contribution in [-0.4, -0.2) is 4.57 Å². The number of rotatable bonds is 1. The van der Waals surface area contributed by atoms with Gasteiger partial charge in [-0.1, -0.05) is 18.2 Å². The summed E-state index contributed by atoms with van der Waals surface area (Å²) < 4.78 is 12.3. The Hall–Kier alpha value is -2.36. The van der Waals surface area contributed by atoms with Crippen molar-refractivity contribution in [3.63, 3.8) is 0 Å². The summed E-state index contributed by atoms with van der Waals surface area (Å²) in [6.45, 7) is 3.00. The van der Waals surface area contributed by atoms with Crippen LogP contribution in [0, 0.1) is 0 Å². The molecule has 0 aliphatic carbocycles. The van der Waals surface area contributed by atoms with Crippen LogP contribution in [0.15, 0.2) is 39.5 Å². The lowest BCUT2D eigenvalue weighted by Crippen LogP contribution is -1.96. The summed E-state index contributed by atoms with van der Waals surface area (Å²) in [6.07, 6.45) is 0. The van der Waals surface area contributed by atoms with Crippen molar-refractivity contribution in [3.05, 3.63) is 30.3 Å². The van der Waals surface area contributed by atoms with Crippen LogP contribution in [0.3, 0.4) is 0 Å². The minimum Gasteiger partial charge on any atom is -0.395 e. The summed E-state index contributed by atoms with van der Waals surface area (Å²) in [5.41, 5.74) is 10.3. The number of anilines is 1. The van der Waals surface area contributed by atoms with Gasteiger partial charge < -0.3 is 10.3 Å². The molecule has 0 spiro atoms. The molecule has 0 saturated carbocycles. The van der Waals surface area contributed by atoms with Crippen LogP contribution >= 0.6 is 0 Å². The normalized spacial score (nSPS) is 12.1. The molecule has 0 bridgehead atoms. The lowest BCUT2D eigenvalue weighted by Gasteiger charge is -2.06. The van der Waals surface area contributed by atoms with Gasteiger partial charge in [0.15, 0.2) is 0 Å². The zero-order chi connectivity index (χ0) is 12.3. The first-order valence-corrected chi connectivity index (χ1v) is 5.99. The Bertz CT molecular complexity index is 879. The fourth-order valence-corrected chi connectivity index (χ4v) is 2.72. The largest absolute Gasteiger partial charge is 0.395 e. The molecule has 0 unspecified atom stereocenters. The first kappa shape index (κ1) is 9.65. The van der Waals surface area contributed by atoms with Crippen LogP contribution in [0.2, 0.25) is 0 Å². The molecule has 0 saturated heterocycles. The van der Waals surface area contributed by atoms with Crippen molar-refractivity contribution >= 4 is 38.7 Å². The van der Waals surface area contributed by atoms with E-state index in [1.54, 1.807) is 0 Å². The number of para-hydroxylation sites is 1. The number of hydrogen-bond acceptors (Lipinski definition) is 3. The molecule has 90 valence electrons. The smallest absolute Gasteiger partial charge is 0.252 e. The highest BCUT2D eigenvalue weighted by Gasteiger charge is 2.20. The average Bonchev–Trinajstić information content (AvgIpc) is 2.62. The van der Waals surface area contributed by atoms with Gasteiger partial charge in [-0.05, 0) is 19.1 Å². The summed E-state index contributed by atoms with van der Waals surface area (Å²) in [4.78, 5) is 0. The molecular formula is C14H12N2O2. The lowest BCUT2D eigenvalue weighted by molar-refractivity contribution is 0.0607. The summed E-state index contributed by atoms with van der Waals surface area (Å²) in [7, 11) is 0. The highest BCUT2D eigenvalue weighted by molar-refractivity contribution is 6.18. The van der Waals surface area contributed by atoms with Crippen LogP contribution in [0.25, 0.3) is 33.0 Å². The third-order valence-electron chi connectivity index (χ3n) is 3.52. The molecule has 4 aromatic rings. The molecule has 0 fully saturated rings. The van der Waals surface area contributed by atoms with Crippen LogP contribution in [0.4, 0.5) is 5.69 Å². The quantitative estimate of drug-likeness (QED) is 0.407. The molecule has 0 aliphatic rings. The molecule has 0 atom stereocenters. The second-order valence-corrected chi connectivity index (χ2v) is 4.45. The Morgan fingerprint density at radius 1 is 1.11 bits per heavy atom. The Labute approximate surface area is 102 Å². The molecule has 4 rings (SSSR count). The molecule has 18 heavy (non-hydrogen) atoms. The summed E-state index contributed by atoms with van der Waals surface area (Å²) in [6, 6.07) is 10.3. The van der Waals surface area contributed by atoms with E-state index in [1.807, 2.05) is 18.2 Å². The molecule has 2 aromatic heterocycles. The van der Waals surface area contributed by atoms with Gasteiger partial charge in [0, 0.05) is 22.8 Å². The predicted molar refractivity (Wildman–Crippen MR) is 71.6 cm³/mol. The maximum atomic E-state index is 5.97. The number of hydrogen-bond donors (Lipinski definition) is 1. The zero-order valence-corrected chi connectivity index (χ0v) is 9.93. The number of fused-ring (bicyclic) bond motifs is 5. The van der Waals surface area contributed by atoms with Gasteiger partial charge in [0.2, 0.25) is 0 Å². The van der Waals surface area contributed by atoms with E-state index < -0.39 is 0 Å². The van der Waals surface area contributed by atoms with Gasteiger partial charge in [-0.3, -0.25) is 9.15 Å². The van der Waals surface area contributed by atoms with Crippen molar-refractivity contribution in [1.82, 2.24) is 4.57 Å². The number of nitrogen functional groups attached to an aromatic ring is 1. The average molecular weight is 240 g/mol. The molecule has 0 aliphatic heterocycles. The van der Waals surface area contributed by atoms with Crippen molar-refractivity contribution in [2.24, 2.45) is 0 Å². The SMILES string of the molecule is CCn1c2ccccc2c2cc(N)c3ooc3c21. The molecule has 4 heteroatoms. The highest BCUT2D eigenvalue weighted by atomic mass is 17.0. The third-order valence-corrected chi connectivity index (χ3v) is 3.52. The molecule has 2 aromatic carbocycles. The van der Waals surface area contributed by atoms with Gasteiger partial charge in [-0.15, -0.1) is 0 Å². The fourth-order valence-electron chi connectivity index (χ4n) is 2.72. The molecule has 0 radical (unpaired) electrons. The predicted octanol–water partition coefficient (Wildman–Crippen LogP) is 3.74. The Kier molecular flexibility index (Phi) is 1.66. The highest BCUT2D eigenvalue weighted by Crippen LogP contribution is 2.38. The van der Waals surface area contributed by atoms with Crippen molar-refractivity contribution in [1.29, 1.82) is 0 Å². The monoisotopic (exact) mass is 240 g/mol. The standard InChI is InChI=1S/C14H12N2O2/c1-2-16-11-6-4-3-5-8(11)9-7-10(15)13-14(12(9)16)18-17-13/h3-7H,2,15H2,1H3. The van der Waals surface area contributed by atoms with Gasteiger partial charge in [-0.25, -0.2) is 0 Å². The summed E-state index contributed by atoms with van der Waals surface area (Å²) in [5.74, 6) is 0. The summed E-state index contributed by atoms with van der Waals surface area (Å²) in [5, 5.41) is 2.31. The number of benzene rings is 2. The van der Waals surface area contributed by atoms with E-state index in [4.69, 9.17) is 14.9 Å². The lowest BCUT2D eigenvalue weighted by atomic mass is 10.1. The first-order chi connectivity index (χ1) is 8.81. The van der Waals surface area contributed by atoms with Crippen LogP contribution < -0.4 is 5.73 Å². The van der Waals surface area contributed by atoms with Crippen LogP contribution in [-0.2, 0) is 6.54 Å². The van der Waals surface area contributed by atoms with E-state index in [0.29, 0.717) is 11.3 Å². The second kappa shape index (κ2) is 3.10. The molecule has 0 amide bonds. The van der Waals surface area contributed by atoms with E-state index in [2.05, 4.69) is 23.6 Å². The zero-order valence-electron chi connectivity index (χ0n) is 9.93. The Morgan fingerprint density at radius 2 is 1.89 bits per heavy atom. The van der Waals surface area contributed by atoms with E-state index in [9.17, 15) is 0 Å². The third kappa shape index (κ3) is 0.960. The van der Waals surface area contributed by atoms with Gasteiger partial charge in [0.25, 0.3) is 11.2 Å². The Morgan fingerprint density at radius 3 is 2.61 bits per heavy atom. The minimum atomic E-state index is 0.628. The number of aryl methyl sites for hydroxylation is 1. The van der Waals surface area contributed by atoms with Crippen molar-refractivity contribution in [2.75, 3.05) is 5.73 Å². The van der Waals surface area contributed by atoms with Crippen molar-refractivity contribution < 1.29 is 9.15 Å². The number of nitrogens with two attached hydrogens (primary N) is 1. The maximum absolute atomic E-state index is 5.97. The van der Waals surface area contributed by atoms with E-state index in [0.717, 1.165) is 23.0 Å². The number of nitrogens with zero attached hydrogens (tertiary/aromatic N) is 1. The minimum absolute atomic E-state index is 0.628. The van der Waals surface area contributed by atoms with E-state index in [1.165, 1.54) is 10.9 Å². The first-order valence-electron chi connectivity index (χ1n) is 5.99. The summed E-state index contributed by atoms with van der Waals surface area (Å²) >= 11 is 0. The van der Waals surface area contributed by atoms with Gasteiger partial charge in [-0.2, -0.15) is 0 Å². The molecule has 2 N–H and O–H groups in total. The molecular weight excluding hydrogens is 228 g/mol. The molecule has 2 heterocycles. The number of aromatic nitrogens is 1. The van der Waals surface area contributed by atoms with Crippen LogP contribution in [0.5, 0.6) is 0 Å². The van der Waals surface area contributed by atoms with E-state index >= 15 is 0 Å². The van der Waals surface area contributed by atoms with Gasteiger partial charge >= 0.3 is 0 Å². The second-order valence-electron chi connectivity index (χ2n) is 4.45.